The number of hydrogen-bond donors (Lipinski definition) is 0. The molecule has 96 valence electrons. The molecule has 2 aromatic rings. The van der Waals surface area contributed by atoms with Crippen LogP contribution in [0.5, 0.6) is 0 Å². The fraction of sp³-hybridized carbons (Fsp3) is 0.462. The Balaban J connectivity index is 1.78. The van der Waals surface area contributed by atoms with Gasteiger partial charge in [0, 0.05) is 43.4 Å². The van der Waals surface area contributed by atoms with Crippen LogP contribution in [-0.2, 0) is 6.54 Å². The van der Waals surface area contributed by atoms with Crippen molar-refractivity contribution in [2.75, 3.05) is 33.2 Å². The maximum Gasteiger partial charge on any atom is 0.138 e. The van der Waals surface area contributed by atoms with Crippen LogP contribution in [0.4, 0.5) is 0 Å². The van der Waals surface area contributed by atoms with Gasteiger partial charge in [-0.2, -0.15) is 0 Å². The molecule has 0 spiro atoms. The lowest BCUT2D eigenvalue weighted by Gasteiger charge is -2.32. The van der Waals surface area contributed by atoms with Crippen LogP contribution in [0.25, 0.3) is 5.65 Å². The summed E-state index contributed by atoms with van der Waals surface area (Å²) in [5, 5.41) is 0. The van der Waals surface area contributed by atoms with E-state index in [2.05, 4.69) is 54.4 Å². The quantitative estimate of drug-likeness (QED) is 0.846. The summed E-state index contributed by atoms with van der Waals surface area (Å²) in [6.45, 7) is 5.57. The van der Waals surface area contributed by atoms with Crippen molar-refractivity contribution in [3.05, 3.63) is 34.7 Å². The van der Waals surface area contributed by atoms with E-state index in [0.717, 1.165) is 42.8 Å². The molecule has 5 heteroatoms. The molecule has 0 atom stereocenters. The lowest BCUT2D eigenvalue weighted by Crippen LogP contribution is -2.44. The van der Waals surface area contributed by atoms with E-state index in [1.165, 1.54) is 5.69 Å². The van der Waals surface area contributed by atoms with Crippen LogP contribution in [-0.4, -0.2) is 52.4 Å². The topological polar surface area (TPSA) is 23.8 Å². The Morgan fingerprint density at radius 2 is 2.06 bits per heavy atom. The van der Waals surface area contributed by atoms with Gasteiger partial charge in [-0.15, -0.1) is 0 Å². The monoisotopic (exact) mass is 308 g/mol. The molecule has 0 radical (unpaired) electrons. The molecule has 3 heterocycles. The van der Waals surface area contributed by atoms with Gasteiger partial charge in [-0.1, -0.05) is 15.9 Å². The van der Waals surface area contributed by atoms with Crippen LogP contribution in [0.2, 0.25) is 0 Å². The molecule has 0 N–H and O–H groups in total. The van der Waals surface area contributed by atoms with Crippen molar-refractivity contribution in [3.63, 3.8) is 0 Å². The molecule has 4 nitrogen and oxygen atoms in total. The molecule has 0 aromatic carbocycles. The Labute approximate surface area is 115 Å². The highest BCUT2D eigenvalue weighted by molar-refractivity contribution is 9.10. The van der Waals surface area contributed by atoms with Crippen LogP contribution < -0.4 is 0 Å². The van der Waals surface area contributed by atoms with Gasteiger partial charge in [0.1, 0.15) is 5.65 Å². The summed E-state index contributed by atoms with van der Waals surface area (Å²) in [5.74, 6) is 0. The summed E-state index contributed by atoms with van der Waals surface area (Å²) in [6, 6.07) is 4.11. The van der Waals surface area contributed by atoms with E-state index in [4.69, 9.17) is 0 Å². The largest absolute Gasteiger partial charge is 0.304 e. The van der Waals surface area contributed by atoms with Crippen molar-refractivity contribution in [2.45, 2.75) is 6.54 Å². The molecule has 3 rings (SSSR count). The molecule has 1 aliphatic heterocycles. The van der Waals surface area contributed by atoms with Crippen LogP contribution in [0.15, 0.2) is 29.0 Å². The zero-order chi connectivity index (χ0) is 12.5. The Hall–Kier alpha value is -0.910. The van der Waals surface area contributed by atoms with Crippen molar-refractivity contribution in [1.29, 1.82) is 0 Å². The summed E-state index contributed by atoms with van der Waals surface area (Å²) in [4.78, 5) is 9.32. The Morgan fingerprint density at radius 1 is 1.28 bits per heavy atom. The van der Waals surface area contributed by atoms with Crippen molar-refractivity contribution in [1.82, 2.24) is 19.2 Å². The molecule has 0 unspecified atom stereocenters. The minimum Gasteiger partial charge on any atom is -0.304 e. The molecule has 1 fully saturated rings. The maximum absolute atomic E-state index is 4.46. The summed E-state index contributed by atoms with van der Waals surface area (Å²) in [7, 11) is 2.18. The third kappa shape index (κ3) is 2.43. The second-order valence-corrected chi connectivity index (χ2v) is 5.82. The predicted molar refractivity (Wildman–Crippen MR) is 75.7 cm³/mol. The zero-order valence-electron chi connectivity index (χ0n) is 10.5. The highest BCUT2D eigenvalue weighted by Gasteiger charge is 2.15. The van der Waals surface area contributed by atoms with Crippen LogP contribution in [0.1, 0.15) is 5.69 Å². The minimum absolute atomic E-state index is 0.983. The van der Waals surface area contributed by atoms with Crippen molar-refractivity contribution in [3.8, 4) is 0 Å². The number of likely N-dealkylation sites (N-methyl/N-ethyl adjacent to an activating group) is 1. The van der Waals surface area contributed by atoms with Gasteiger partial charge in [-0.05, 0) is 19.2 Å². The highest BCUT2D eigenvalue weighted by atomic mass is 79.9. The van der Waals surface area contributed by atoms with E-state index in [9.17, 15) is 0 Å². The van der Waals surface area contributed by atoms with Crippen molar-refractivity contribution in [2.24, 2.45) is 0 Å². The molecular formula is C13H17BrN4. The smallest absolute Gasteiger partial charge is 0.138 e. The number of hydrogen-bond acceptors (Lipinski definition) is 3. The molecule has 2 aromatic heterocycles. The number of rotatable bonds is 2. The van der Waals surface area contributed by atoms with E-state index in [-0.39, 0.29) is 0 Å². The predicted octanol–water partition coefficient (Wildman–Crippen LogP) is 1.84. The van der Waals surface area contributed by atoms with Gasteiger partial charge in [-0.3, -0.25) is 4.90 Å². The second kappa shape index (κ2) is 4.99. The lowest BCUT2D eigenvalue weighted by atomic mass is 10.3. The normalized spacial score (nSPS) is 18.6. The second-order valence-electron chi connectivity index (χ2n) is 4.90. The minimum atomic E-state index is 0.983. The standard InChI is InChI=1S/C13H17BrN4/c1-16-4-6-17(7-5-16)10-12-9-15-13-8-11(14)2-3-18(12)13/h2-3,8-9H,4-7,10H2,1H3. The highest BCUT2D eigenvalue weighted by Crippen LogP contribution is 2.15. The summed E-state index contributed by atoms with van der Waals surface area (Å²) in [6.07, 6.45) is 4.07. The number of nitrogens with zero attached hydrogens (tertiary/aromatic N) is 4. The molecule has 1 aliphatic rings. The van der Waals surface area contributed by atoms with Gasteiger partial charge in [0.2, 0.25) is 0 Å². The number of aromatic nitrogens is 2. The first-order chi connectivity index (χ1) is 8.72. The average molecular weight is 309 g/mol. The molecule has 18 heavy (non-hydrogen) atoms. The van der Waals surface area contributed by atoms with E-state index >= 15 is 0 Å². The molecular weight excluding hydrogens is 292 g/mol. The summed E-state index contributed by atoms with van der Waals surface area (Å²) in [5.41, 5.74) is 2.27. The zero-order valence-corrected chi connectivity index (χ0v) is 12.1. The third-order valence-corrected chi connectivity index (χ3v) is 4.03. The van der Waals surface area contributed by atoms with Gasteiger partial charge in [-0.25, -0.2) is 4.98 Å². The van der Waals surface area contributed by atoms with E-state index in [0.29, 0.717) is 0 Å². The average Bonchev–Trinajstić information content (AvgIpc) is 2.74. The Bertz CT molecular complexity index is 543. The number of halogens is 1. The van der Waals surface area contributed by atoms with Crippen LogP contribution in [0.3, 0.4) is 0 Å². The fourth-order valence-electron chi connectivity index (χ4n) is 2.36. The number of pyridine rings is 1. The van der Waals surface area contributed by atoms with Gasteiger partial charge < -0.3 is 9.30 Å². The Kier molecular flexibility index (Phi) is 3.37. The first-order valence-electron chi connectivity index (χ1n) is 6.25. The number of fused-ring (bicyclic) bond motifs is 1. The molecule has 0 saturated carbocycles. The summed E-state index contributed by atoms with van der Waals surface area (Å²) < 4.78 is 3.25. The van der Waals surface area contributed by atoms with Crippen LogP contribution in [0, 0.1) is 0 Å². The van der Waals surface area contributed by atoms with E-state index in [1.54, 1.807) is 0 Å². The fourth-order valence-corrected chi connectivity index (χ4v) is 2.68. The van der Waals surface area contributed by atoms with E-state index < -0.39 is 0 Å². The molecule has 0 amide bonds. The maximum atomic E-state index is 4.46. The van der Waals surface area contributed by atoms with E-state index in [1.807, 2.05) is 12.3 Å². The number of imidazole rings is 1. The van der Waals surface area contributed by atoms with Gasteiger partial charge >= 0.3 is 0 Å². The lowest BCUT2D eigenvalue weighted by molar-refractivity contribution is 0.146. The van der Waals surface area contributed by atoms with Crippen LogP contribution >= 0.6 is 15.9 Å². The van der Waals surface area contributed by atoms with Gasteiger partial charge in [0.25, 0.3) is 0 Å². The van der Waals surface area contributed by atoms with Crippen molar-refractivity contribution < 1.29 is 0 Å². The SMILES string of the molecule is CN1CCN(Cc2cnc3cc(Br)ccn23)CC1. The first kappa shape index (κ1) is 12.1. The van der Waals surface area contributed by atoms with Gasteiger partial charge in [0.05, 0.1) is 11.9 Å². The molecule has 0 aliphatic carbocycles. The molecule has 1 saturated heterocycles. The number of piperazine rings is 1. The summed E-state index contributed by atoms with van der Waals surface area (Å²) >= 11 is 3.48. The Morgan fingerprint density at radius 3 is 2.83 bits per heavy atom. The first-order valence-corrected chi connectivity index (χ1v) is 7.04. The molecule has 0 bridgehead atoms. The van der Waals surface area contributed by atoms with Crippen molar-refractivity contribution >= 4 is 21.6 Å². The third-order valence-electron chi connectivity index (χ3n) is 3.53. The van der Waals surface area contributed by atoms with Gasteiger partial charge in [0.15, 0.2) is 0 Å².